The second-order valence-corrected chi connectivity index (χ2v) is 6.31. The van der Waals surface area contributed by atoms with E-state index in [2.05, 4.69) is 15.6 Å². The van der Waals surface area contributed by atoms with Crippen LogP contribution in [-0.4, -0.2) is 24.7 Å². The van der Waals surface area contributed by atoms with Crippen LogP contribution in [-0.2, 0) is 6.54 Å². The smallest absolute Gasteiger partial charge is 0.315 e. The number of hydrogen-bond donors (Lipinski definition) is 2. The summed E-state index contributed by atoms with van der Waals surface area (Å²) in [4.78, 5) is 16.3. The van der Waals surface area contributed by atoms with Crippen molar-refractivity contribution in [1.82, 2.24) is 15.6 Å². The maximum Gasteiger partial charge on any atom is 0.315 e. The minimum absolute atomic E-state index is 0.160. The summed E-state index contributed by atoms with van der Waals surface area (Å²) in [5.41, 5.74) is 1.80. The first-order valence-corrected chi connectivity index (χ1v) is 8.67. The van der Waals surface area contributed by atoms with Crippen molar-refractivity contribution in [3.63, 3.8) is 0 Å². The third-order valence-corrected chi connectivity index (χ3v) is 4.25. The van der Waals surface area contributed by atoms with E-state index in [9.17, 15) is 4.79 Å². The minimum atomic E-state index is -0.235. The second kappa shape index (κ2) is 8.54. The molecule has 1 aromatic heterocycles. The summed E-state index contributed by atoms with van der Waals surface area (Å²) in [6.07, 6.45) is 0. The van der Waals surface area contributed by atoms with Gasteiger partial charge in [-0.1, -0.05) is 6.07 Å². The monoisotopic (exact) mass is 349 g/mol. The number of aryl methyl sites for hydroxylation is 1. The molecule has 6 nitrogen and oxygen atoms in total. The van der Waals surface area contributed by atoms with Gasteiger partial charge in [0.05, 0.1) is 37.0 Å². The number of benzene rings is 1. The highest BCUT2D eigenvalue weighted by atomic mass is 32.1. The van der Waals surface area contributed by atoms with Crippen LogP contribution < -0.4 is 20.1 Å². The Morgan fingerprint density at radius 1 is 1.38 bits per heavy atom. The molecule has 0 aliphatic heterocycles. The quantitative estimate of drug-likeness (QED) is 0.803. The van der Waals surface area contributed by atoms with Gasteiger partial charge < -0.3 is 20.1 Å². The fraction of sp³-hybridized carbons (Fsp3) is 0.412. The van der Waals surface area contributed by atoms with Crippen LogP contribution in [0.1, 0.15) is 36.2 Å². The molecule has 1 unspecified atom stereocenters. The van der Waals surface area contributed by atoms with Crippen LogP contribution in [0.5, 0.6) is 11.5 Å². The molecule has 1 heterocycles. The molecule has 0 radical (unpaired) electrons. The molecule has 0 bridgehead atoms. The van der Waals surface area contributed by atoms with Gasteiger partial charge in [0.25, 0.3) is 0 Å². The van der Waals surface area contributed by atoms with Crippen molar-refractivity contribution in [2.24, 2.45) is 0 Å². The Morgan fingerprint density at radius 2 is 2.17 bits per heavy atom. The number of urea groups is 1. The molecule has 0 saturated heterocycles. The SMILES string of the molecule is CCOc1ccc(C(C)NC(=O)NCc2csc(C)n2)cc1OC. The number of carbonyl (C=O) groups excluding carboxylic acids is 1. The number of amides is 2. The van der Waals surface area contributed by atoms with E-state index < -0.39 is 0 Å². The van der Waals surface area contributed by atoms with Crippen molar-refractivity contribution < 1.29 is 14.3 Å². The molecule has 1 atom stereocenters. The van der Waals surface area contributed by atoms with E-state index in [-0.39, 0.29) is 12.1 Å². The molecule has 2 amide bonds. The molecule has 0 fully saturated rings. The van der Waals surface area contributed by atoms with Crippen LogP contribution >= 0.6 is 11.3 Å². The first-order valence-electron chi connectivity index (χ1n) is 7.79. The van der Waals surface area contributed by atoms with Crippen LogP contribution in [0.15, 0.2) is 23.6 Å². The van der Waals surface area contributed by atoms with E-state index in [1.165, 1.54) is 0 Å². The van der Waals surface area contributed by atoms with E-state index in [1.807, 2.05) is 44.4 Å². The molecule has 2 aromatic rings. The van der Waals surface area contributed by atoms with Gasteiger partial charge in [-0.05, 0) is 38.5 Å². The van der Waals surface area contributed by atoms with Gasteiger partial charge in [-0.2, -0.15) is 0 Å². The minimum Gasteiger partial charge on any atom is -0.493 e. The fourth-order valence-electron chi connectivity index (χ4n) is 2.22. The Balaban J connectivity index is 1.93. The molecule has 2 N–H and O–H groups in total. The number of rotatable bonds is 7. The topological polar surface area (TPSA) is 72.5 Å². The van der Waals surface area contributed by atoms with Crippen LogP contribution in [0, 0.1) is 6.92 Å². The van der Waals surface area contributed by atoms with Crippen molar-refractivity contribution in [1.29, 1.82) is 0 Å². The molecule has 0 spiro atoms. The number of methoxy groups -OCH3 is 1. The number of carbonyl (C=O) groups is 1. The first-order chi connectivity index (χ1) is 11.5. The molecule has 2 rings (SSSR count). The van der Waals surface area contributed by atoms with Crippen molar-refractivity contribution >= 4 is 17.4 Å². The Bertz CT molecular complexity index is 687. The highest BCUT2D eigenvalue weighted by Gasteiger charge is 2.13. The number of thiazole rings is 1. The van der Waals surface area contributed by atoms with E-state index in [4.69, 9.17) is 9.47 Å². The molecular weight excluding hydrogens is 326 g/mol. The lowest BCUT2D eigenvalue weighted by atomic mass is 10.1. The summed E-state index contributed by atoms with van der Waals surface area (Å²) < 4.78 is 10.8. The van der Waals surface area contributed by atoms with Crippen LogP contribution in [0.25, 0.3) is 0 Å². The highest BCUT2D eigenvalue weighted by molar-refractivity contribution is 7.09. The van der Waals surface area contributed by atoms with Gasteiger partial charge in [-0.25, -0.2) is 9.78 Å². The third kappa shape index (κ3) is 4.86. The van der Waals surface area contributed by atoms with Crippen molar-refractivity contribution in [2.75, 3.05) is 13.7 Å². The maximum absolute atomic E-state index is 12.0. The van der Waals surface area contributed by atoms with E-state index in [1.54, 1.807) is 18.4 Å². The summed E-state index contributed by atoms with van der Waals surface area (Å²) in [7, 11) is 1.60. The summed E-state index contributed by atoms with van der Waals surface area (Å²) in [6.45, 7) is 6.76. The van der Waals surface area contributed by atoms with Gasteiger partial charge >= 0.3 is 6.03 Å². The zero-order valence-electron chi connectivity index (χ0n) is 14.4. The highest BCUT2D eigenvalue weighted by Crippen LogP contribution is 2.30. The van der Waals surface area contributed by atoms with Gasteiger partial charge in [0, 0.05) is 5.38 Å². The second-order valence-electron chi connectivity index (χ2n) is 5.25. The number of nitrogens with one attached hydrogen (secondary N) is 2. The van der Waals surface area contributed by atoms with Crippen LogP contribution in [0.4, 0.5) is 4.79 Å². The third-order valence-electron chi connectivity index (χ3n) is 3.43. The number of hydrogen-bond acceptors (Lipinski definition) is 5. The number of nitrogens with zero attached hydrogens (tertiary/aromatic N) is 1. The van der Waals surface area contributed by atoms with Crippen LogP contribution in [0.2, 0.25) is 0 Å². The Labute approximate surface area is 146 Å². The van der Waals surface area contributed by atoms with E-state index >= 15 is 0 Å². The maximum atomic E-state index is 12.0. The van der Waals surface area contributed by atoms with Gasteiger partial charge in [-0.3, -0.25) is 0 Å². The zero-order valence-corrected chi connectivity index (χ0v) is 15.2. The summed E-state index contributed by atoms with van der Waals surface area (Å²) in [5, 5.41) is 8.65. The van der Waals surface area contributed by atoms with E-state index in [0.717, 1.165) is 16.3 Å². The largest absolute Gasteiger partial charge is 0.493 e. The first kappa shape index (κ1) is 18.1. The lowest BCUT2D eigenvalue weighted by molar-refractivity contribution is 0.237. The summed E-state index contributed by atoms with van der Waals surface area (Å²) >= 11 is 1.57. The van der Waals surface area contributed by atoms with E-state index in [0.29, 0.717) is 24.7 Å². The molecule has 7 heteroatoms. The van der Waals surface area contributed by atoms with Crippen molar-refractivity contribution in [3.05, 3.63) is 39.8 Å². The Hall–Kier alpha value is -2.28. The summed E-state index contributed by atoms with van der Waals surface area (Å²) in [5.74, 6) is 1.35. The zero-order chi connectivity index (χ0) is 17.5. The lowest BCUT2D eigenvalue weighted by Crippen LogP contribution is -2.36. The number of aromatic nitrogens is 1. The predicted molar refractivity (Wildman–Crippen MR) is 94.8 cm³/mol. The van der Waals surface area contributed by atoms with Crippen LogP contribution in [0.3, 0.4) is 0 Å². The van der Waals surface area contributed by atoms with Gasteiger partial charge in [0.1, 0.15) is 0 Å². The molecule has 0 aliphatic rings. The standard InChI is InChI=1S/C17H23N3O3S/c1-5-23-15-7-6-13(8-16(15)22-4)11(2)19-17(21)18-9-14-10-24-12(3)20-14/h6-8,10-11H,5,9H2,1-4H3,(H2,18,19,21). The average Bonchev–Trinajstić information content (AvgIpc) is 2.99. The van der Waals surface area contributed by atoms with Gasteiger partial charge in [0.15, 0.2) is 11.5 Å². The molecule has 0 aliphatic carbocycles. The Morgan fingerprint density at radius 3 is 2.79 bits per heavy atom. The molecule has 1 aromatic carbocycles. The molecule has 0 saturated carbocycles. The van der Waals surface area contributed by atoms with Crippen molar-refractivity contribution in [3.8, 4) is 11.5 Å². The van der Waals surface area contributed by atoms with Gasteiger partial charge in [0.2, 0.25) is 0 Å². The fourth-order valence-corrected chi connectivity index (χ4v) is 2.83. The average molecular weight is 349 g/mol. The van der Waals surface area contributed by atoms with Crippen molar-refractivity contribution in [2.45, 2.75) is 33.4 Å². The lowest BCUT2D eigenvalue weighted by Gasteiger charge is -2.17. The molecular formula is C17H23N3O3S. The Kier molecular flexibility index (Phi) is 6.43. The summed E-state index contributed by atoms with van der Waals surface area (Å²) in [6, 6.07) is 5.25. The molecule has 130 valence electrons. The number of ether oxygens (including phenoxy) is 2. The molecule has 24 heavy (non-hydrogen) atoms. The predicted octanol–water partition coefficient (Wildman–Crippen LogP) is 3.42. The van der Waals surface area contributed by atoms with Gasteiger partial charge in [-0.15, -0.1) is 11.3 Å². The normalized spacial score (nSPS) is 11.7.